The lowest BCUT2D eigenvalue weighted by molar-refractivity contribution is -0.302. The molecule has 0 unspecified atom stereocenters. The van der Waals surface area contributed by atoms with E-state index < -0.39 is 112 Å². The smallest absolute Gasteiger partial charge is 0.462 e. The standard InChI is InChI=1S/C62H119N2O17P/c1-5-9-13-17-21-25-28-32-36-40-48(66)44-52(67)63-55-58(71)57(70)51(80-61(55)76-43-39-35-31-24-20-16-12-8-4)47-77-62-56(59(72)60(50(46-65)79-62)81-82(73,74)75)64-53(68)45-49(41-37-33-29-26-22-18-14-10-6-2)78-54(69)42-38-34-30-27-23-19-15-11-7-3/h48-51,55-62,65-66,70-72H,5-47H2,1-4H3,(H,63,67)(H,64,68)(H2,73,74,75)/t48-,49-,50-,51-,55-,56-,57-,58-,59-,60-,61+,62-/m1/s1. The second kappa shape index (κ2) is 48.2. The molecule has 2 rings (SSSR count). The molecule has 0 radical (unpaired) electrons. The second-order valence-corrected chi connectivity index (χ2v) is 24.8. The van der Waals surface area contributed by atoms with Crippen molar-refractivity contribution in [2.75, 3.05) is 19.8 Å². The molecule has 82 heavy (non-hydrogen) atoms. The lowest BCUT2D eigenvalue weighted by atomic mass is 9.95. The molecular formula is C62H119N2O17P. The Morgan fingerprint density at radius 1 is 0.500 bits per heavy atom. The molecule has 2 amide bonds. The van der Waals surface area contributed by atoms with E-state index in [0.717, 1.165) is 103 Å². The monoisotopic (exact) mass is 1190 g/mol. The summed E-state index contributed by atoms with van der Waals surface area (Å²) in [4.78, 5) is 60.4. The lowest BCUT2D eigenvalue weighted by Gasteiger charge is -2.45. The average Bonchev–Trinajstić information content (AvgIpc) is 3.31. The molecule has 0 aromatic carbocycles. The molecule has 2 aliphatic heterocycles. The van der Waals surface area contributed by atoms with Gasteiger partial charge in [0.25, 0.3) is 0 Å². The number of ether oxygens (including phenoxy) is 5. The Morgan fingerprint density at radius 3 is 1.38 bits per heavy atom. The van der Waals surface area contributed by atoms with Gasteiger partial charge in [0.05, 0.1) is 32.2 Å². The fraction of sp³-hybridized carbons (Fsp3) is 0.952. The summed E-state index contributed by atoms with van der Waals surface area (Å²) in [6, 6.07) is -2.86. The predicted molar refractivity (Wildman–Crippen MR) is 318 cm³/mol. The van der Waals surface area contributed by atoms with E-state index in [4.69, 9.17) is 28.2 Å². The zero-order valence-corrected chi connectivity index (χ0v) is 52.4. The lowest BCUT2D eigenvalue weighted by Crippen LogP contribution is -2.67. The van der Waals surface area contributed by atoms with Crippen LogP contribution < -0.4 is 10.6 Å². The molecule has 20 heteroatoms. The van der Waals surface area contributed by atoms with Gasteiger partial charge in [0.1, 0.15) is 54.8 Å². The summed E-state index contributed by atoms with van der Waals surface area (Å²) in [5.41, 5.74) is 0. The van der Waals surface area contributed by atoms with Gasteiger partial charge < -0.3 is 69.6 Å². The molecule has 0 aromatic heterocycles. The molecular weight excluding hydrogens is 1080 g/mol. The summed E-state index contributed by atoms with van der Waals surface area (Å²) >= 11 is 0. The molecule has 12 atom stereocenters. The Bertz CT molecular complexity index is 1630. The quantitative estimate of drug-likeness (QED) is 0.0155. The van der Waals surface area contributed by atoms with Gasteiger partial charge in [-0.1, -0.05) is 233 Å². The second-order valence-electron chi connectivity index (χ2n) is 23.7. The molecule has 0 aromatic rings. The molecule has 2 fully saturated rings. The van der Waals surface area contributed by atoms with E-state index in [1.807, 2.05) is 0 Å². The molecule has 19 nitrogen and oxygen atoms in total. The highest BCUT2D eigenvalue weighted by Crippen LogP contribution is 2.42. The molecule has 2 saturated heterocycles. The van der Waals surface area contributed by atoms with Gasteiger partial charge in [0.15, 0.2) is 12.6 Å². The number of nitrogens with one attached hydrogen (secondary N) is 2. The van der Waals surface area contributed by atoms with Crippen LogP contribution in [-0.2, 0) is 47.2 Å². The minimum Gasteiger partial charge on any atom is -0.462 e. The van der Waals surface area contributed by atoms with E-state index in [2.05, 4.69) is 38.3 Å². The van der Waals surface area contributed by atoms with Crippen LogP contribution in [0.2, 0.25) is 0 Å². The minimum absolute atomic E-state index is 0.198. The van der Waals surface area contributed by atoms with Crippen LogP contribution in [-0.4, -0.2) is 146 Å². The highest BCUT2D eigenvalue weighted by Gasteiger charge is 2.51. The van der Waals surface area contributed by atoms with Gasteiger partial charge in [-0.2, -0.15) is 0 Å². The molecule has 9 N–H and O–H groups in total. The van der Waals surface area contributed by atoms with E-state index in [1.54, 1.807) is 0 Å². The fourth-order valence-corrected chi connectivity index (χ4v) is 11.6. The predicted octanol–water partition coefficient (Wildman–Crippen LogP) is 10.9. The topological polar surface area (TPSA) is 289 Å². The number of unbranched alkanes of at least 4 members (excludes halogenated alkanes) is 31. The third-order valence-corrected chi connectivity index (χ3v) is 16.6. The van der Waals surface area contributed by atoms with Crippen molar-refractivity contribution in [2.24, 2.45) is 0 Å². The zero-order valence-electron chi connectivity index (χ0n) is 51.5. The molecule has 0 bridgehead atoms. The number of hydrogen-bond donors (Lipinski definition) is 9. The Hall–Kier alpha value is -1.84. The number of aliphatic hydroxyl groups excluding tert-OH is 5. The summed E-state index contributed by atoms with van der Waals surface area (Å²) in [5.74, 6) is -1.68. The van der Waals surface area contributed by atoms with Crippen molar-refractivity contribution in [3.05, 3.63) is 0 Å². The molecule has 0 spiro atoms. The number of carbonyl (C=O) groups excluding carboxylic acids is 3. The van der Waals surface area contributed by atoms with E-state index in [0.29, 0.717) is 32.1 Å². The number of amides is 2. The van der Waals surface area contributed by atoms with Crippen LogP contribution in [0.15, 0.2) is 0 Å². The molecule has 484 valence electrons. The summed E-state index contributed by atoms with van der Waals surface area (Å²) in [6.07, 6.45) is 23.3. The molecule has 2 heterocycles. The highest BCUT2D eigenvalue weighted by atomic mass is 31.2. The van der Waals surface area contributed by atoms with Crippen molar-refractivity contribution in [2.45, 2.75) is 358 Å². The number of hydrogen-bond acceptors (Lipinski definition) is 15. The van der Waals surface area contributed by atoms with E-state index in [-0.39, 0.29) is 25.9 Å². The van der Waals surface area contributed by atoms with Crippen molar-refractivity contribution >= 4 is 25.6 Å². The maximum atomic E-state index is 14.1. The maximum absolute atomic E-state index is 14.1. The summed E-state index contributed by atoms with van der Waals surface area (Å²) in [5, 5.41) is 61.5. The Morgan fingerprint density at radius 2 is 0.902 bits per heavy atom. The molecule has 0 aliphatic carbocycles. The minimum atomic E-state index is -5.31. The highest BCUT2D eigenvalue weighted by molar-refractivity contribution is 7.46. The van der Waals surface area contributed by atoms with Gasteiger partial charge in [-0.3, -0.25) is 18.9 Å². The normalized spacial score (nSPS) is 23.8. The van der Waals surface area contributed by atoms with Gasteiger partial charge in [-0.25, -0.2) is 4.57 Å². The van der Waals surface area contributed by atoms with Crippen molar-refractivity contribution in [3.8, 4) is 0 Å². The summed E-state index contributed by atoms with van der Waals surface area (Å²) in [6.45, 7) is 7.47. The Kier molecular flexibility index (Phi) is 44.8. The first-order chi connectivity index (χ1) is 39.6. The van der Waals surface area contributed by atoms with E-state index >= 15 is 0 Å². The first-order valence-electron chi connectivity index (χ1n) is 33.0. The third kappa shape index (κ3) is 35.7. The van der Waals surface area contributed by atoms with Crippen molar-refractivity contribution in [1.82, 2.24) is 10.6 Å². The number of phosphoric ester groups is 1. The van der Waals surface area contributed by atoms with Crippen LogP contribution in [0, 0.1) is 0 Å². The van der Waals surface area contributed by atoms with Crippen LogP contribution in [0.25, 0.3) is 0 Å². The molecule has 2 aliphatic rings. The number of carbonyl (C=O) groups is 3. The van der Waals surface area contributed by atoms with Crippen LogP contribution >= 0.6 is 7.82 Å². The van der Waals surface area contributed by atoms with Crippen molar-refractivity contribution in [3.63, 3.8) is 0 Å². The van der Waals surface area contributed by atoms with Crippen LogP contribution in [0.4, 0.5) is 0 Å². The SMILES string of the molecule is CCCCCCCCCCCC(=O)O[C@H](CCCCCCCCCCC)CC(=O)N[C@H]1[C@H](OC[C@H]2O[C@H](OCCCCCCCCCC)[C@H](NC(=O)C[C@H](O)CCCCCCCCCCC)[C@@H](O)[C@@H]2O)O[C@H](CO)[C@@H](OP(=O)(O)O)[C@@H]1O. The number of esters is 1. The maximum Gasteiger partial charge on any atom is 0.470 e. The third-order valence-electron chi connectivity index (χ3n) is 16.1. The van der Waals surface area contributed by atoms with E-state index in [9.17, 15) is 54.3 Å². The van der Waals surface area contributed by atoms with Crippen LogP contribution in [0.1, 0.15) is 285 Å². The Labute approximate surface area is 494 Å². The van der Waals surface area contributed by atoms with Crippen molar-refractivity contribution in [1.29, 1.82) is 0 Å². The van der Waals surface area contributed by atoms with Gasteiger partial charge in [-0.05, 0) is 32.1 Å². The largest absolute Gasteiger partial charge is 0.470 e. The van der Waals surface area contributed by atoms with Gasteiger partial charge in [0.2, 0.25) is 11.8 Å². The number of phosphoric acid groups is 1. The average molecular weight is 1200 g/mol. The zero-order chi connectivity index (χ0) is 60.2. The fourth-order valence-electron chi connectivity index (χ4n) is 11.1. The molecule has 0 saturated carbocycles. The Balaban J connectivity index is 2.25. The van der Waals surface area contributed by atoms with Crippen LogP contribution in [0.3, 0.4) is 0 Å². The number of rotatable bonds is 53. The van der Waals surface area contributed by atoms with Gasteiger partial charge in [-0.15, -0.1) is 0 Å². The first-order valence-corrected chi connectivity index (χ1v) is 34.5. The van der Waals surface area contributed by atoms with E-state index in [1.165, 1.54) is 103 Å². The number of aliphatic hydroxyl groups is 5. The van der Waals surface area contributed by atoms with Gasteiger partial charge in [0, 0.05) is 13.0 Å². The summed E-state index contributed by atoms with van der Waals surface area (Å²) in [7, 11) is -5.31. The van der Waals surface area contributed by atoms with Crippen LogP contribution in [0.5, 0.6) is 0 Å². The van der Waals surface area contributed by atoms with Gasteiger partial charge >= 0.3 is 13.8 Å². The first kappa shape index (κ1) is 76.3. The van der Waals surface area contributed by atoms with Crippen molar-refractivity contribution < 1.29 is 82.5 Å². The summed E-state index contributed by atoms with van der Waals surface area (Å²) < 4.78 is 47.5.